The smallest absolute Gasteiger partial charge is 0.416 e. The van der Waals surface area contributed by atoms with Crippen molar-refractivity contribution in [3.05, 3.63) is 48.0 Å². The Morgan fingerprint density at radius 1 is 1.07 bits per heavy atom. The number of nitrogens with zero attached hydrogens (tertiary/aromatic N) is 2. The van der Waals surface area contributed by atoms with Crippen LogP contribution in [0, 0.1) is 12.3 Å². The summed E-state index contributed by atoms with van der Waals surface area (Å²) in [5.74, 6) is 2.68. The van der Waals surface area contributed by atoms with Crippen LogP contribution in [0.15, 0.2) is 52.3 Å². The van der Waals surface area contributed by atoms with E-state index in [-0.39, 0.29) is 17.0 Å². The number of anilines is 2. The topological polar surface area (TPSA) is 3.24 Å². The molecular formula is C21H22BrF3N2S. The predicted molar refractivity (Wildman–Crippen MR) is 104 cm³/mol. The minimum Gasteiger partial charge on any atom is -1.00 e. The van der Waals surface area contributed by atoms with E-state index in [0.29, 0.717) is 23.3 Å². The van der Waals surface area contributed by atoms with Gasteiger partial charge >= 0.3 is 6.18 Å². The van der Waals surface area contributed by atoms with Crippen molar-refractivity contribution in [1.82, 2.24) is 0 Å². The third kappa shape index (κ3) is 5.05. The van der Waals surface area contributed by atoms with Crippen LogP contribution in [-0.2, 0) is 6.18 Å². The Balaban J connectivity index is 0.00000280. The first-order valence-corrected chi connectivity index (χ1v) is 9.54. The summed E-state index contributed by atoms with van der Waals surface area (Å²) in [4.78, 5) is 3.91. The molecule has 0 spiro atoms. The van der Waals surface area contributed by atoms with Crippen LogP contribution in [0.4, 0.5) is 24.5 Å². The number of hydrogen-bond acceptors (Lipinski definition) is 2. The van der Waals surface area contributed by atoms with Gasteiger partial charge in [0.2, 0.25) is 0 Å². The normalized spacial score (nSPS) is 13.2. The molecule has 2 nitrogen and oxygen atoms in total. The van der Waals surface area contributed by atoms with Gasteiger partial charge in [-0.2, -0.15) is 13.2 Å². The van der Waals surface area contributed by atoms with Crippen molar-refractivity contribution < 1.29 is 34.6 Å². The SMILES string of the molecule is C#CC[N+](C)(C)CCCN1c2ccccc2Sc2ccc(C(F)(F)F)cc21.[Br-]. The third-order valence-corrected chi connectivity index (χ3v) is 5.75. The van der Waals surface area contributed by atoms with Gasteiger partial charge in [0.05, 0.1) is 37.6 Å². The molecule has 0 atom stereocenters. The number of quaternary nitrogens is 1. The molecule has 0 fully saturated rings. The summed E-state index contributed by atoms with van der Waals surface area (Å²) >= 11 is 1.51. The summed E-state index contributed by atoms with van der Waals surface area (Å²) in [6.45, 7) is 2.11. The van der Waals surface area contributed by atoms with E-state index < -0.39 is 11.7 Å². The quantitative estimate of drug-likeness (QED) is 0.487. The van der Waals surface area contributed by atoms with Crippen LogP contribution >= 0.6 is 11.8 Å². The zero-order valence-corrected chi connectivity index (χ0v) is 18.2. The standard InChI is InChI=1S/C21H22F3N2S.BrH/c1-4-13-26(2,3)14-7-12-25-17-8-5-6-9-19(17)27-20-11-10-16(15-18(20)25)21(22,23)24;/h1,5-6,8-11,15H,7,12-14H2,2-3H3;1H/q+1;/p-1. The van der Waals surface area contributed by atoms with E-state index in [1.54, 1.807) is 6.07 Å². The second-order valence-corrected chi connectivity index (χ2v) is 8.36. The van der Waals surface area contributed by atoms with Crippen molar-refractivity contribution in [3.8, 4) is 12.3 Å². The van der Waals surface area contributed by atoms with Gasteiger partial charge in [-0.05, 0) is 36.3 Å². The molecule has 0 saturated carbocycles. The molecule has 1 aliphatic heterocycles. The number of hydrogen-bond donors (Lipinski definition) is 0. The fourth-order valence-corrected chi connectivity index (χ4v) is 4.31. The fourth-order valence-electron chi connectivity index (χ4n) is 3.23. The third-order valence-electron chi connectivity index (χ3n) is 4.62. The molecule has 2 aromatic rings. The Bertz CT molecular complexity index is 875. The molecule has 2 aromatic carbocycles. The van der Waals surface area contributed by atoms with Gasteiger partial charge in [0.15, 0.2) is 0 Å². The van der Waals surface area contributed by atoms with E-state index in [1.807, 2.05) is 29.2 Å². The number of benzene rings is 2. The summed E-state index contributed by atoms with van der Waals surface area (Å²) in [7, 11) is 4.13. The molecular weight excluding hydrogens is 449 g/mol. The molecule has 0 aliphatic carbocycles. The molecule has 3 rings (SSSR count). The first-order valence-electron chi connectivity index (χ1n) is 8.72. The Hall–Kier alpha value is -1.62. The van der Waals surface area contributed by atoms with Crippen LogP contribution in [-0.4, -0.2) is 38.2 Å². The minimum atomic E-state index is -4.35. The zero-order chi connectivity index (χ0) is 19.7. The van der Waals surface area contributed by atoms with E-state index in [4.69, 9.17) is 6.42 Å². The van der Waals surface area contributed by atoms with Crippen LogP contribution in [0.2, 0.25) is 0 Å². The van der Waals surface area contributed by atoms with E-state index >= 15 is 0 Å². The van der Waals surface area contributed by atoms with Crippen LogP contribution in [0.3, 0.4) is 0 Å². The van der Waals surface area contributed by atoms with Crippen molar-refractivity contribution in [3.63, 3.8) is 0 Å². The minimum absolute atomic E-state index is 0. The second-order valence-electron chi connectivity index (χ2n) is 7.28. The largest absolute Gasteiger partial charge is 1.00 e. The predicted octanol–water partition coefficient (Wildman–Crippen LogP) is 2.41. The Morgan fingerprint density at radius 3 is 2.43 bits per heavy atom. The average molecular weight is 471 g/mol. The highest BCUT2D eigenvalue weighted by Gasteiger charge is 2.33. The maximum atomic E-state index is 13.2. The summed E-state index contributed by atoms with van der Waals surface area (Å²) in [5, 5.41) is 0. The maximum Gasteiger partial charge on any atom is 0.416 e. The van der Waals surface area contributed by atoms with Crippen LogP contribution in [0.1, 0.15) is 12.0 Å². The Morgan fingerprint density at radius 2 is 1.75 bits per heavy atom. The monoisotopic (exact) mass is 470 g/mol. The molecule has 0 N–H and O–H groups in total. The van der Waals surface area contributed by atoms with E-state index in [1.165, 1.54) is 17.8 Å². The van der Waals surface area contributed by atoms with Crippen molar-refractivity contribution in [1.29, 1.82) is 0 Å². The zero-order valence-electron chi connectivity index (χ0n) is 15.8. The number of terminal acetylenes is 1. The molecule has 28 heavy (non-hydrogen) atoms. The lowest BCUT2D eigenvalue weighted by atomic mass is 10.1. The van der Waals surface area contributed by atoms with Gasteiger partial charge in [0.1, 0.15) is 6.54 Å². The number of para-hydroxylation sites is 1. The molecule has 0 unspecified atom stereocenters. The molecule has 0 aromatic heterocycles. The summed E-state index contributed by atoms with van der Waals surface area (Å²) in [6, 6.07) is 11.8. The lowest BCUT2D eigenvalue weighted by molar-refractivity contribution is -0.883. The van der Waals surface area contributed by atoms with Gasteiger partial charge in [-0.1, -0.05) is 23.9 Å². The maximum absolute atomic E-state index is 13.2. The molecule has 0 bridgehead atoms. The van der Waals surface area contributed by atoms with Crippen LogP contribution in [0.5, 0.6) is 0 Å². The van der Waals surface area contributed by atoms with E-state index in [9.17, 15) is 13.2 Å². The van der Waals surface area contributed by atoms with Gasteiger partial charge in [-0.25, -0.2) is 0 Å². The number of rotatable bonds is 5. The Labute approximate surface area is 179 Å². The highest BCUT2D eigenvalue weighted by atomic mass is 79.9. The second kappa shape index (κ2) is 8.81. The van der Waals surface area contributed by atoms with E-state index in [0.717, 1.165) is 34.5 Å². The van der Waals surface area contributed by atoms with Gasteiger partial charge in [-0.15, -0.1) is 6.42 Å². The molecule has 1 heterocycles. The van der Waals surface area contributed by atoms with Crippen molar-refractivity contribution in [2.45, 2.75) is 22.4 Å². The van der Waals surface area contributed by atoms with Gasteiger partial charge in [0, 0.05) is 22.8 Å². The van der Waals surface area contributed by atoms with Crippen molar-refractivity contribution in [2.24, 2.45) is 0 Å². The first-order chi connectivity index (χ1) is 12.7. The van der Waals surface area contributed by atoms with Crippen molar-refractivity contribution >= 4 is 23.1 Å². The average Bonchev–Trinajstić information content (AvgIpc) is 2.59. The lowest BCUT2D eigenvalue weighted by Crippen LogP contribution is -3.00. The van der Waals surface area contributed by atoms with Gasteiger partial charge < -0.3 is 26.4 Å². The highest BCUT2D eigenvalue weighted by molar-refractivity contribution is 7.99. The van der Waals surface area contributed by atoms with Gasteiger partial charge in [-0.3, -0.25) is 0 Å². The van der Waals surface area contributed by atoms with Crippen LogP contribution in [0.25, 0.3) is 0 Å². The summed E-state index contributed by atoms with van der Waals surface area (Å²) < 4.78 is 40.4. The molecule has 0 radical (unpaired) electrons. The molecule has 150 valence electrons. The summed E-state index contributed by atoms with van der Waals surface area (Å²) in [5.41, 5.74) is 0.960. The van der Waals surface area contributed by atoms with Crippen molar-refractivity contribution in [2.75, 3.05) is 38.6 Å². The van der Waals surface area contributed by atoms with Crippen LogP contribution < -0.4 is 21.9 Å². The van der Waals surface area contributed by atoms with Gasteiger partial charge in [0.25, 0.3) is 0 Å². The molecule has 0 saturated heterocycles. The Kier molecular flexibility index (Phi) is 7.13. The molecule has 7 heteroatoms. The first kappa shape index (κ1) is 22.7. The number of alkyl halides is 3. The van der Waals surface area contributed by atoms with E-state index in [2.05, 4.69) is 20.0 Å². The number of halogens is 4. The molecule has 1 aliphatic rings. The summed E-state index contributed by atoms with van der Waals surface area (Å²) in [6.07, 6.45) is 1.90. The lowest BCUT2D eigenvalue weighted by Gasteiger charge is -2.34. The number of fused-ring (bicyclic) bond motifs is 2. The molecule has 0 amide bonds. The highest BCUT2D eigenvalue weighted by Crippen LogP contribution is 2.49. The fraction of sp³-hybridized carbons (Fsp3) is 0.333.